The van der Waals surface area contributed by atoms with E-state index in [0.29, 0.717) is 11.3 Å². The van der Waals surface area contributed by atoms with Gasteiger partial charge in [-0.3, -0.25) is 0 Å². The molecule has 1 aromatic carbocycles. The second-order valence-electron chi connectivity index (χ2n) is 5.51. The highest BCUT2D eigenvalue weighted by atomic mass is 16.2. The summed E-state index contributed by atoms with van der Waals surface area (Å²) in [7, 11) is 2.00. The molecule has 1 fully saturated rings. The van der Waals surface area contributed by atoms with E-state index in [1.54, 1.807) is 24.3 Å². The Morgan fingerprint density at radius 2 is 2.09 bits per heavy atom. The Kier molecular flexibility index (Phi) is 3.84. The van der Waals surface area contributed by atoms with Gasteiger partial charge in [0.05, 0.1) is 17.7 Å². The summed E-state index contributed by atoms with van der Waals surface area (Å²) in [5, 5.41) is 11.7. The van der Waals surface area contributed by atoms with Crippen molar-refractivity contribution in [1.29, 1.82) is 5.26 Å². The van der Waals surface area contributed by atoms with Crippen LogP contribution in [-0.2, 0) is 7.05 Å². The first-order chi connectivity index (χ1) is 10.7. The average Bonchev–Trinajstić information content (AvgIpc) is 3.16. The van der Waals surface area contributed by atoms with E-state index < -0.39 is 0 Å². The van der Waals surface area contributed by atoms with Crippen LogP contribution in [0.2, 0.25) is 0 Å². The van der Waals surface area contributed by atoms with Crippen LogP contribution in [0.25, 0.3) is 0 Å². The van der Waals surface area contributed by atoms with Gasteiger partial charge in [-0.25, -0.2) is 4.79 Å². The average molecular weight is 294 g/mol. The SMILES string of the molecule is Cn1cccc1C1CCCN1C(=O)Nc1ccc(C#N)cc1. The third-order valence-electron chi connectivity index (χ3n) is 4.10. The molecule has 0 aliphatic carbocycles. The number of hydrogen-bond acceptors (Lipinski definition) is 2. The summed E-state index contributed by atoms with van der Waals surface area (Å²) >= 11 is 0. The largest absolute Gasteiger partial charge is 0.353 e. The zero-order chi connectivity index (χ0) is 15.5. The van der Waals surface area contributed by atoms with Gasteiger partial charge in [0.1, 0.15) is 0 Å². The molecule has 112 valence electrons. The monoisotopic (exact) mass is 294 g/mol. The van der Waals surface area contributed by atoms with E-state index in [9.17, 15) is 4.79 Å². The van der Waals surface area contributed by atoms with Crippen LogP contribution in [0.5, 0.6) is 0 Å². The number of rotatable bonds is 2. The van der Waals surface area contributed by atoms with Gasteiger partial charge in [-0.2, -0.15) is 5.26 Å². The normalized spacial score (nSPS) is 17.3. The summed E-state index contributed by atoms with van der Waals surface area (Å²) in [5.41, 5.74) is 2.45. The molecule has 0 spiro atoms. The third kappa shape index (κ3) is 2.68. The number of likely N-dealkylation sites (tertiary alicyclic amines) is 1. The first-order valence-corrected chi connectivity index (χ1v) is 7.38. The smallest absolute Gasteiger partial charge is 0.322 e. The minimum atomic E-state index is -0.0894. The quantitative estimate of drug-likeness (QED) is 0.924. The predicted octanol–water partition coefficient (Wildman–Crippen LogP) is 3.27. The number of aromatic nitrogens is 1. The Balaban J connectivity index is 1.73. The second kappa shape index (κ2) is 5.94. The Morgan fingerprint density at radius 1 is 1.32 bits per heavy atom. The number of carbonyl (C=O) groups excluding carboxylic acids is 1. The van der Waals surface area contributed by atoms with Crippen LogP contribution in [0.15, 0.2) is 42.6 Å². The number of carbonyl (C=O) groups is 1. The van der Waals surface area contributed by atoms with Gasteiger partial charge in [-0.05, 0) is 49.2 Å². The maximum atomic E-state index is 12.5. The van der Waals surface area contributed by atoms with E-state index in [1.807, 2.05) is 24.2 Å². The maximum absolute atomic E-state index is 12.5. The van der Waals surface area contributed by atoms with E-state index >= 15 is 0 Å². The zero-order valence-electron chi connectivity index (χ0n) is 12.5. The lowest BCUT2D eigenvalue weighted by atomic mass is 10.1. The molecule has 1 saturated heterocycles. The molecule has 5 nitrogen and oxygen atoms in total. The van der Waals surface area contributed by atoms with Gasteiger partial charge >= 0.3 is 6.03 Å². The predicted molar refractivity (Wildman–Crippen MR) is 84.3 cm³/mol. The van der Waals surface area contributed by atoms with Gasteiger partial charge in [0, 0.05) is 31.2 Å². The molecule has 2 heterocycles. The fourth-order valence-corrected chi connectivity index (χ4v) is 2.96. The number of nitrogens with one attached hydrogen (secondary N) is 1. The number of urea groups is 1. The van der Waals surface area contributed by atoms with Crippen molar-refractivity contribution in [2.75, 3.05) is 11.9 Å². The number of nitriles is 1. The lowest BCUT2D eigenvalue weighted by Gasteiger charge is -2.25. The fraction of sp³-hybridized carbons (Fsp3) is 0.294. The van der Waals surface area contributed by atoms with Gasteiger partial charge in [-0.1, -0.05) is 0 Å². The first-order valence-electron chi connectivity index (χ1n) is 7.38. The number of amides is 2. The molecule has 0 bridgehead atoms. The molecular formula is C17H18N4O. The van der Waals surface area contributed by atoms with Crippen LogP contribution in [0, 0.1) is 11.3 Å². The van der Waals surface area contributed by atoms with Crippen molar-refractivity contribution < 1.29 is 4.79 Å². The number of aryl methyl sites for hydroxylation is 1. The van der Waals surface area contributed by atoms with Crippen molar-refractivity contribution >= 4 is 11.7 Å². The molecule has 2 amide bonds. The Hall–Kier alpha value is -2.74. The van der Waals surface area contributed by atoms with Crippen LogP contribution in [0.4, 0.5) is 10.5 Å². The molecule has 2 aromatic rings. The van der Waals surface area contributed by atoms with Crippen molar-refractivity contribution in [3.05, 3.63) is 53.9 Å². The molecule has 5 heteroatoms. The van der Waals surface area contributed by atoms with Crippen molar-refractivity contribution in [3.63, 3.8) is 0 Å². The molecule has 0 radical (unpaired) electrons. The molecule has 0 saturated carbocycles. The van der Waals surface area contributed by atoms with Crippen molar-refractivity contribution in [2.45, 2.75) is 18.9 Å². The molecule has 1 aliphatic heterocycles. The van der Waals surface area contributed by atoms with Crippen molar-refractivity contribution in [2.24, 2.45) is 7.05 Å². The van der Waals surface area contributed by atoms with Gasteiger partial charge in [-0.15, -0.1) is 0 Å². The van der Waals surface area contributed by atoms with Crippen LogP contribution in [-0.4, -0.2) is 22.0 Å². The van der Waals surface area contributed by atoms with Crippen molar-refractivity contribution in [3.8, 4) is 6.07 Å². The highest BCUT2D eigenvalue weighted by Gasteiger charge is 2.31. The highest BCUT2D eigenvalue weighted by Crippen LogP contribution is 2.32. The highest BCUT2D eigenvalue weighted by molar-refractivity contribution is 5.89. The van der Waals surface area contributed by atoms with E-state index in [-0.39, 0.29) is 12.1 Å². The molecule has 1 aliphatic rings. The Bertz CT molecular complexity index is 711. The van der Waals surface area contributed by atoms with Gasteiger partial charge in [0.15, 0.2) is 0 Å². The van der Waals surface area contributed by atoms with Gasteiger partial charge in [0.2, 0.25) is 0 Å². The molecule has 1 N–H and O–H groups in total. The topological polar surface area (TPSA) is 61.1 Å². The minimum absolute atomic E-state index is 0.0894. The Morgan fingerprint density at radius 3 is 2.73 bits per heavy atom. The number of anilines is 1. The fourth-order valence-electron chi connectivity index (χ4n) is 2.96. The summed E-state index contributed by atoms with van der Waals surface area (Å²) in [6, 6.07) is 13.1. The lowest BCUT2D eigenvalue weighted by Crippen LogP contribution is -2.35. The number of nitrogens with zero attached hydrogens (tertiary/aromatic N) is 3. The lowest BCUT2D eigenvalue weighted by molar-refractivity contribution is 0.205. The summed E-state index contributed by atoms with van der Waals surface area (Å²) in [6.07, 6.45) is 4.00. The summed E-state index contributed by atoms with van der Waals surface area (Å²) in [4.78, 5) is 14.4. The molecule has 1 unspecified atom stereocenters. The van der Waals surface area contributed by atoms with Gasteiger partial charge in [0.25, 0.3) is 0 Å². The van der Waals surface area contributed by atoms with Crippen molar-refractivity contribution in [1.82, 2.24) is 9.47 Å². The first kappa shape index (κ1) is 14.2. The van der Waals surface area contributed by atoms with E-state index in [2.05, 4.69) is 22.0 Å². The molecule has 1 aromatic heterocycles. The number of benzene rings is 1. The van der Waals surface area contributed by atoms with E-state index in [4.69, 9.17) is 5.26 Å². The van der Waals surface area contributed by atoms with Crippen LogP contribution < -0.4 is 5.32 Å². The molecule has 3 rings (SSSR count). The second-order valence-corrected chi connectivity index (χ2v) is 5.51. The maximum Gasteiger partial charge on any atom is 0.322 e. The zero-order valence-corrected chi connectivity index (χ0v) is 12.5. The van der Waals surface area contributed by atoms with Crippen LogP contribution in [0.3, 0.4) is 0 Å². The van der Waals surface area contributed by atoms with Crippen LogP contribution >= 0.6 is 0 Å². The van der Waals surface area contributed by atoms with Crippen LogP contribution in [0.1, 0.15) is 30.1 Å². The molecule has 1 atom stereocenters. The third-order valence-corrected chi connectivity index (χ3v) is 4.10. The van der Waals surface area contributed by atoms with E-state index in [1.165, 1.54) is 0 Å². The van der Waals surface area contributed by atoms with E-state index in [0.717, 1.165) is 25.1 Å². The van der Waals surface area contributed by atoms with Gasteiger partial charge < -0.3 is 14.8 Å². The summed E-state index contributed by atoms with van der Waals surface area (Å²) in [6.45, 7) is 0.762. The molecule has 22 heavy (non-hydrogen) atoms. The Labute approximate surface area is 129 Å². The summed E-state index contributed by atoms with van der Waals surface area (Å²) in [5.74, 6) is 0. The summed E-state index contributed by atoms with van der Waals surface area (Å²) < 4.78 is 2.07. The molecular weight excluding hydrogens is 276 g/mol. The standard InChI is InChI=1S/C17H18N4O/c1-20-10-2-4-15(20)16-5-3-11-21(16)17(22)19-14-8-6-13(12-18)7-9-14/h2,4,6-10,16H,3,5,11H2,1H3,(H,19,22). The minimum Gasteiger partial charge on any atom is -0.353 e. The number of hydrogen-bond donors (Lipinski definition) is 1.